The van der Waals surface area contributed by atoms with Gasteiger partial charge in [-0.15, -0.1) is 0 Å². The largest absolute Gasteiger partial charge is 0.481 e. The lowest BCUT2D eigenvalue weighted by atomic mass is 9.86. The molecule has 3 rings (SSSR count). The van der Waals surface area contributed by atoms with Crippen molar-refractivity contribution in [1.82, 2.24) is 10.2 Å². The molecule has 0 radical (unpaired) electrons. The number of carbonyl (C=O) groups excluding carboxylic acids is 1. The normalized spacial score (nSPS) is 27.2. The van der Waals surface area contributed by atoms with E-state index in [1.54, 1.807) is 0 Å². The summed E-state index contributed by atoms with van der Waals surface area (Å²) in [4.78, 5) is 25.2. The number of amides is 2. The number of carboxylic acids is 1. The Kier molecular flexibility index (Phi) is 4.76. The number of likely N-dealkylation sites (tertiary alicyclic amines) is 1. The highest BCUT2D eigenvalue weighted by Gasteiger charge is 2.35. The lowest BCUT2D eigenvalue weighted by Crippen LogP contribution is -2.52. The minimum Gasteiger partial charge on any atom is -0.481 e. The van der Waals surface area contributed by atoms with E-state index in [2.05, 4.69) is 5.32 Å². The number of nitrogens with one attached hydrogen (secondary N) is 1. The molecule has 0 spiro atoms. The van der Waals surface area contributed by atoms with Crippen LogP contribution >= 0.6 is 11.6 Å². The molecule has 1 heterocycles. The molecule has 1 saturated heterocycles. The number of rotatable bonds is 3. The summed E-state index contributed by atoms with van der Waals surface area (Å²) in [6.45, 7) is 0.754. The Labute approximate surface area is 140 Å². The van der Waals surface area contributed by atoms with Gasteiger partial charge in [0.2, 0.25) is 0 Å². The molecular weight excluding hydrogens is 316 g/mol. The van der Waals surface area contributed by atoms with Crippen molar-refractivity contribution in [2.24, 2.45) is 5.92 Å². The summed E-state index contributed by atoms with van der Waals surface area (Å²) in [6, 6.07) is 7.77. The Morgan fingerprint density at radius 3 is 2.26 bits per heavy atom. The minimum absolute atomic E-state index is 0.0463. The number of aliphatic carboxylic acids is 1. The van der Waals surface area contributed by atoms with Gasteiger partial charge in [-0.2, -0.15) is 0 Å². The average molecular weight is 337 g/mol. The number of halogens is 1. The van der Waals surface area contributed by atoms with Gasteiger partial charge in [0.1, 0.15) is 0 Å². The second kappa shape index (κ2) is 6.79. The van der Waals surface area contributed by atoms with Crippen LogP contribution in [0.5, 0.6) is 0 Å². The third kappa shape index (κ3) is 3.61. The number of carboxylic acid groups (broad SMARTS) is 1. The van der Waals surface area contributed by atoms with Crippen molar-refractivity contribution in [3.63, 3.8) is 0 Å². The van der Waals surface area contributed by atoms with Gasteiger partial charge in [-0.25, -0.2) is 4.79 Å². The van der Waals surface area contributed by atoms with Crippen molar-refractivity contribution in [2.75, 3.05) is 6.54 Å². The zero-order valence-electron chi connectivity index (χ0n) is 12.9. The standard InChI is InChI=1S/C17H21ClN2O3/c18-13-5-1-11(2-6-13)15-9-10-20(15)17(23)19-14-7-3-12(4-8-14)16(21)22/h1-2,5-6,12,14-15H,3-4,7-10H2,(H,19,23)(H,21,22). The van der Waals surface area contributed by atoms with Crippen LogP contribution in [0, 0.1) is 5.92 Å². The van der Waals surface area contributed by atoms with Crippen LogP contribution in [0.4, 0.5) is 4.79 Å². The first-order chi connectivity index (χ1) is 11.0. The molecule has 2 amide bonds. The summed E-state index contributed by atoms with van der Waals surface area (Å²) >= 11 is 5.90. The Morgan fingerprint density at radius 1 is 1.09 bits per heavy atom. The van der Waals surface area contributed by atoms with E-state index < -0.39 is 5.97 Å². The molecule has 0 bridgehead atoms. The summed E-state index contributed by atoms with van der Waals surface area (Å²) in [7, 11) is 0. The summed E-state index contributed by atoms with van der Waals surface area (Å²) in [6.07, 6.45) is 3.72. The summed E-state index contributed by atoms with van der Waals surface area (Å²) in [5.41, 5.74) is 1.10. The zero-order valence-corrected chi connectivity index (χ0v) is 13.6. The lowest BCUT2D eigenvalue weighted by Gasteiger charge is -2.42. The number of hydrogen-bond donors (Lipinski definition) is 2. The van der Waals surface area contributed by atoms with Gasteiger partial charge in [0.25, 0.3) is 0 Å². The fourth-order valence-corrected chi connectivity index (χ4v) is 3.53. The molecule has 23 heavy (non-hydrogen) atoms. The molecular formula is C17H21ClN2O3. The van der Waals surface area contributed by atoms with Gasteiger partial charge in [0.05, 0.1) is 12.0 Å². The van der Waals surface area contributed by atoms with Gasteiger partial charge in [0.15, 0.2) is 0 Å². The van der Waals surface area contributed by atoms with Gasteiger partial charge in [-0.3, -0.25) is 4.79 Å². The number of urea groups is 1. The fourth-order valence-electron chi connectivity index (χ4n) is 3.40. The second-order valence-corrected chi connectivity index (χ2v) is 6.82. The molecule has 2 aliphatic rings. The highest BCUT2D eigenvalue weighted by molar-refractivity contribution is 6.30. The summed E-state index contributed by atoms with van der Waals surface area (Å²) in [5, 5.41) is 12.8. The number of hydrogen-bond acceptors (Lipinski definition) is 2. The van der Waals surface area contributed by atoms with Crippen LogP contribution in [-0.2, 0) is 4.79 Å². The Morgan fingerprint density at radius 2 is 1.74 bits per heavy atom. The van der Waals surface area contributed by atoms with Crippen LogP contribution in [0.15, 0.2) is 24.3 Å². The van der Waals surface area contributed by atoms with E-state index in [1.807, 2.05) is 29.2 Å². The quantitative estimate of drug-likeness (QED) is 0.888. The molecule has 1 aromatic carbocycles. The number of carbonyl (C=O) groups is 2. The smallest absolute Gasteiger partial charge is 0.318 e. The van der Waals surface area contributed by atoms with Crippen molar-refractivity contribution in [2.45, 2.75) is 44.2 Å². The van der Waals surface area contributed by atoms with Crippen LogP contribution in [-0.4, -0.2) is 34.6 Å². The van der Waals surface area contributed by atoms with E-state index in [9.17, 15) is 9.59 Å². The molecule has 1 aliphatic heterocycles. The van der Waals surface area contributed by atoms with E-state index in [-0.39, 0.29) is 24.0 Å². The first-order valence-corrected chi connectivity index (χ1v) is 8.48. The minimum atomic E-state index is -0.722. The van der Waals surface area contributed by atoms with E-state index in [0.29, 0.717) is 17.9 Å². The molecule has 1 aliphatic carbocycles. The van der Waals surface area contributed by atoms with Crippen LogP contribution in [0.2, 0.25) is 5.02 Å². The molecule has 1 aromatic rings. The third-order valence-electron chi connectivity index (χ3n) is 4.94. The molecule has 2 N–H and O–H groups in total. The topological polar surface area (TPSA) is 69.6 Å². The molecule has 1 unspecified atom stereocenters. The van der Waals surface area contributed by atoms with Crippen LogP contribution in [0.1, 0.15) is 43.7 Å². The average Bonchev–Trinajstić information content (AvgIpc) is 2.49. The van der Waals surface area contributed by atoms with Crippen molar-refractivity contribution >= 4 is 23.6 Å². The molecule has 6 heteroatoms. The molecule has 124 valence electrons. The first-order valence-electron chi connectivity index (χ1n) is 8.10. The van der Waals surface area contributed by atoms with Gasteiger partial charge in [0, 0.05) is 17.6 Å². The van der Waals surface area contributed by atoms with Crippen molar-refractivity contribution in [3.05, 3.63) is 34.9 Å². The van der Waals surface area contributed by atoms with Crippen molar-refractivity contribution in [3.8, 4) is 0 Å². The Bertz CT molecular complexity index is 582. The molecule has 0 aromatic heterocycles. The number of nitrogens with zero attached hydrogens (tertiary/aromatic N) is 1. The van der Waals surface area contributed by atoms with E-state index in [0.717, 1.165) is 31.4 Å². The van der Waals surface area contributed by atoms with Gasteiger partial charge in [-0.1, -0.05) is 23.7 Å². The number of benzene rings is 1. The summed E-state index contributed by atoms with van der Waals surface area (Å²) < 4.78 is 0. The van der Waals surface area contributed by atoms with Crippen molar-refractivity contribution < 1.29 is 14.7 Å². The SMILES string of the molecule is O=C(O)C1CCC(NC(=O)N2CCC2c2ccc(Cl)cc2)CC1. The van der Waals surface area contributed by atoms with E-state index >= 15 is 0 Å². The molecule has 1 saturated carbocycles. The maximum atomic E-state index is 12.4. The predicted octanol–water partition coefficient (Wildman–Crippen LogP) is 3.44. The van der Waals surface area contributed by atoms with Crippen molar-refractivity contribution in [1.29, 1.82) is 0 Å². The fraction of sp³-hybridized carbons (Fsp3) is 0.529. The van der Waals surface area contributed by atoms with Gasteiger partial charge in [-0.05, 0) is 49.8 Å². The maximum absolute atomic E-state index is 12.4. The zero-order chi connectivity index (χ0) is 16.4. The van der Waals surface area contributed by atoms with E-state index in [4.69, 9.17) is 16.7 Å². The highest BCUT2D eigenvalue weighted by atomic mass is 35.5. The van der Waals surface area contributed by atoms with E-state index in [1.165, 1.54) is 0 Å². The maximum Gasteiger partial charge on any atom is 0.318 e. The van der Waals surface area contributed by atoms with Crippen LogP contribution < -0.4 is 5.32 Å². The molecule has 1 atom stereocenters. The Hall–Kier alpha value is -1.75. The predicted molar refractivity (Wildman–Crippen MR) is 87.4 cm³/mol. The molecule has 5 nitrogen and oxygen atoms in total. The monoisotopic (exact) mass is 336 g/mol. The lowest BCUT2D eigenvalue weighted by molar-refractivity contribution is -0.142. The summed E-state index contributed by atoms with van der Waals surface area (Å²) in [5.74, 6) is -0.978. The highest BCUT2D eigenvalue weighted by Crippen LogP contribution is 2.34. The van der Waals surface area contributed by atoms with Gasteiger partial charge >= 0.3 is 12.0 Å². The third-order valence-corrected chi connectivity index (χ3v) is 5.19. The van der Waals surface area contributed by atoms with Crippen LogP contribution in [0.3, 0.4) is 0 Å². The second-order valence-electron chi connectivity index (χ2n) is 6.39. The molecule has 2 fully saturated rings. The van der Waals surface area contributed by atoms with Gasteiger partial charge < -0.3 is 15.3 Å². The Balaban J connectivity index is 1.53. The first kappa shape index (κ1) is 16.1. The van der Waals surface area contributed by atoms with Crippen LogP contribution in [0.25, 0.3) is 0 Å².